The summed E-state index contributed by atoms with van der Waals surface area (Å²) >= 11 is 1.42. The fraction of sp³-hybridized carbons (Fsp3) is 0.526. The molecule has 0 radical (unpaired) electrons. The van der Waals surface area contributed by atoms with Gasteiger partial charge in [0.25, 0.3) is 0 Å². The fourth-order valence-electron chi connectivity index (χ4n) is 3.38. The van der Waals surface area contributed by atoms with Crippen molar-refractivity contribution in [2.75, 3.05) is 43.3 Å². The molecule has 1 amide bonds. The Kier molecular flexibility index (Phi) is 5.61. The van der Waals surface area contributed by atoms with Gasteiger partial charge < -0.3 is 19.7 Å². The molecule has 28 heavy (non-hydrogen) atoms. The normalized spacial score (nSPS) is 16.3. The van der Waals surface area contributed by atoms with Gasteiger partial charge in [-0.05, 0) is 37.8 Å². The summed E-state index contributed by atoms with van der Waals surface area (Å²) in [4.78, 5) is 14.8. The topological polar surface area (TPSA) is 81.5 Å². The summed E-state index contributed by atoms with van der Waals surface area (Å²) in [6.45, 7) is 2.07. The molecule has 1 aliphatic heterocycles. The minimum atomic E-state index is -0.121. The first kappa shape index (κ1) is 18.9. The lowest BCUT2D eigenvalue weighted by molar-refractivity contribution is -0.113. The lowest BCUT2D eigenvalue weighted by atomic mass is 10.2. The van der Waals surface area contributed by atoms with Gasteiger partial charge in [0.05, 0.1) is 25.7 Å². The molecule has 0 atom stereocenters. The standard InChI is InChI=1S/C19H25N5O3S/c1-26-14-7-8-16(27-2)15(11-14)20-17(25)12-28-19-22-21-18(23-9-3-4-10-23)24(19)13-5-6-13/h7-8,11,13H,3-6,9-10,12H2,1-2H3,(H,20,25). The number of ether oxygens (including phenoxy) is 2. The number of methoxy groups -OCH3 is 2. The van der Waals surface area contributed by atoms with Crippen LogP contribution in [0.4, 0.5) is 11.6 Å². The quantitative estimate of drug-likeness (QED) is 0.679. The van der Waals surface area contributed by atoms with E-state index in [1.807, 2.05) is 0 Å². The molecule has 1 aliphatic carbocycles. The first-order chi connectivity index (χ1) is 13.7. The predicted octanol–water partition coefficient (Wildman–Crippen LogP) is 2.96. The van der Waals surface area contributed by atoms with E-state index in [0.29, 0.717) is 23.2 Å². The molecule has 150 valence electrons. The maximum Gasteiger partial charge on any atom is 0.234 e. The van der Waals surface area contributed by atoms with Gasteiger partial charge >= 0.3 is 0 Å². The van der Waals surface area contributed by atoms with Crippen LogP contribution in [0.5, 0.6) is 11.5 Å². The van der Waals surface area contributed by atoms with Crippen molar-refractivity contribution in [1.29, 1.82) is 0 Å². The summed E-state index contributed by atoms with van der Waals surface area (Å²) in [7, 11) is 3.16. The van der Waals surface area contributed by atoms with Crippen LogP contribution in [0, 0.1) is 0 Å². The van der Waals surface area contributed by atoms with E-state index < -0.39 is 0 Å². The van der Waals surface area contributed by atoms with Crippen molar-refractivity contribution in [1.82, 2.24) is 14.8 Å². The third-order valence-corrected chi connectivity index (χ3v) is 5.90. The zero-order chi connectivity index (χ0) is 19.5. The van der Waals surface area contributed by atoms with Crippen LogP contribution in [0.1, 0.15) is 31.7 Å². The van der Waals surface area contributed by atoms with Crippen LogP contribution >= 0.6 is 11.8 Å². The lowest BCUT2D eigenvalue weighted by Crippen LogP contribution is -2.22. The smallest absolute Gasteiger partial charge is 0.234 e. The fourth-order valence-corrected chi connectivity index (χ4v) is 4.18. The summed E-state index contributed by atoms with van der Waals surface area (Å²) < 4.78 is 12.8. The van der Waals surface area contributed by atoms with Gasteiger partial charge in [-0.15, -0.1) is 10.2 Å². The van der Waals surface area contributed by atoms with Gasteiger partial charge in [0.15, 0.2) is 5.16 Å². The molecule has 1 saturated carbocycles. The molecular formula is C19H25N5O3S. The molecule has 1 aromatic heterocycles. The molecule has 2 aliphatic rings. The predicted molar refractivity (Wildman–Crippen MR) is 109 cm³/mol. The molecule has 0 bridgehead atoms. The number of anilines is 2. The largest absolute Gasteiger partial charge is 0.497 e. The average molecular weight is 404 g/mol. The second-order valence-electron chi connectivity index (χ2n) is 6.98. The van der Waals surface area contributed by atoms with Gasteiger partial charge in [0.1, 0.15) is 11.5 Å². The molecule has 2 aromatic rings. The number of amides is 1. The van der Waals surface area contributed by atoms with Gasteiger partial charge in [-0.2, -0.15) is 0 Å². The van der Waals surface area contributed by atoms with Gasteiger partial charge in [0, 0.05) is 25.2 Å². The molecule has 8 nitrogen and oxygen atoms in total. The number of benzene rings is 1. The summed E-state index contributed by atoms with van der Waals surface area (Å²) in [6.07, 6.45) is 4.70. The van der Waals surface area contributed by atoms with Crippen molar-refractivity contribution in [3.63, 3.8) is 0 Å². The number of rotatable bonds is 8. The van der Waals surface area contributed by atoms with Crippen LogP contribution in [0.25, 0.3) is 0 Å². The highest BCUT2D eigenvalue weighted by molar-refractivity contribution is 7.99. The van der Waals surface area contributed by atoms with E-state index in [4.69, 9.17) is 9.47 Å². The Morgan fingerprint density at radius 3 is 2.68 bits per heavy atom. The van der Waals surface area contributed by atoms with E-state index in [1.54, 1.807) is 32.4 Å². The maximum atomic E-state index is 12.5. The Labute approximate surface area is 168 Å². The first-order valence-electron chi connectivity index (χ1n) is 9.54. The van der Waals surface area contributed by atoms with Crippen LogP contribution in [0.2, 0.25) is 0 Å². The molecule has 0 unspecified atom stereocenters. The summed E-state index contributed by atoms with van der Waals surface area (Å²) in [5.41, 5.74) is 0.592. The van der Waals surface area contributed by atoms with Crippen molar-refractivity contribution in [2.45, 2.75) is 36.9 Å². The first-order valence-corrected chi connectivity index (χ1v) is 10.5. The summed E-state index contributed by atoms with van der Waals surface area (Å²) in [6, 6.07) is 5.78. The van der Waals surface area contributed by atoms with E-state index in [9.17, 15) is 4.79 Å². The molecule has 1 N–H and O–H groups in total. The molecule has 0 spiro atoms. The van der Waals surface area contributed by atoms with Crippen molar-refractivity contribution in [3.05, 3.63) is 18.2 Å². The number of thioether (sulfide) groups is 1. The number of nitrogens with one attached hydrogen (secondary N) is 1. The Hall–Kier alpha value is -2.42. The van der Waals surface area contributed by atoms with Gasteiger partial charge in [-0.3, -0.25) is 9.36 Å². The maximum absolute atomic E-state index is 12.5. The second-order valence-corrected chi connectivity index (χ2v) is 7.92. The van der Waals surface area contributed by atoms with Crippen LogP contribution < -0.4 is 19.7 Å². The Bertz CT molecular complexity index is 846. The molecule has 1 aromatic carbocycles. The van der Waals surface area contributed by atoms with Crippen molar-refractivity contribution in [2.24, 2.45) is 0 Å². The summed E-state index contributed by atoms with van der Waals surface area (Å²) in [5, 5.41) is 12.5. The van der Waals surface area contributed by atoms with E-state index in [2.05, 4.69) is 25.0 Å². The van der Waals surface area contributed by atoms with Gasteiger partial charge in [0.2, 0.25) is 11.9 Å². The number of aromatic nitrogens is 3. The average Bonchev–Trinajstić information content (AvgIpc) is 3.23. The Morgan fingerprint density at radius 1 is 1.21 bits per heavy atom. The number of carbonyl (C=O) groups is 1. The molecule has 9 heteroatoms. The Balaban J connectivity index is 1.43. The highest BCUT2D eigenvalue weighted by Gasteiger charge is 2.32. The number of carbonyl (C=O) groups excluding carboxylic acids is 1. The highest BCUT2D eigenvalue weighted by atomic mass is 32.2. The molecule has 2 fully saturated rings. The minimum absolute atomic E-state index is 0.121. The van der Waals surface area contributed by atoms with Crippen LogP contribution in [0.15, 0.2) is 23.4 Å². The van der Waals surface area contributed by atoms with Crippen LogP contribution in [0.3, 0.4) is 0 Å². The van der Waals surface area contributed by atoms with Gasteiger partial charge in [-0.1, -0.05) is 11.8 Å². The SMILES string of the molecule is COc1ccc(OC)c(NC(=O)CSc2nnc(N3CCCC3)n2C2CC2)c1. The van der Waals surface area contributed by atoms with Crippen LogP contribution in [-0.2, 0) is 4.79 Å². The third-order valence-electron chi connectivity index (χ3n) is 4.96. The van der Waals surface area contributed by atoms with Crippen molar-refractivity contribution < 1.29 is 14.3 Å². The number of nitrogens with zero attached hydrogens (tertiary/aromatic N) is 4. The highest BCUT2D eigenvalue weighted by Crippen LogP contribution is 2.41. The molecule has 2 heterocycles. The minimum Gasteiger partial charge on any atom is -0.497 e. The monoisotopic (exact) mass is 403 g/mol. The van der Waals surface area contributed by atoms with E-state index in [1.165, 1.54) is 24.6 Å². The number of hydrogen-bond acceptors (Lipinski definition) is 7. The summed E-state index contributed by atoms with van der Waals surface area (Å²) in [5.74, 6) is 2.34. The van der Waals surface area contributed by atoms with E-state index in [0.717, 1.165) is 37.0 Å². The second kappa shape index (κ2) is 8.30. The van der Waals surface area contributed by atoms with E-state index >= 15 is 0 Å². The molecular weight excluding hydrogens is 378 g/mol. The lowest BCUT2D eigenvalue weighted by Gasteiger charge is -2.18. The van der Waals surface area contributed by atoms with Crippen molar-refractivity contribution in [3.8, 4) is 11.5 Å². The zero-order valence-corrected chi connectivity index (χ0v) is 17.0. The van der Waals surface area contributed by atoms with Crippen LogP contribution in [-0.4, -0.2) is 53.7 Å². The van der Waals surface area contributed by atoms with Gasteiger partial charge in [-0.25, -0.2) is 0 Å². The van der Waals surface area contributed by atoms with E-state index in [-0.39, 0.29) is 11.7 Å². The number of hydrogen-bond donors (Lipinski definition) is 1. The third kappa shape index (κ3) is 4.04. The molecule has 4 rings (SSSR count). The van der Waals surface area contributed by atoms with Crippen molar-refractivity contribution >= 4 is 29.3 Å². The zero-order valence-electron chi connectivity index (χ0n) is 16.2. The molecule has 1 saturated heterocycles. The Morgan fingerprint density at radius 2 is 2.00 bits per heavy atom.